The van der Waals surface area contributed by atoms with Crippen LogP contribution in [0, 0.1) is 0 Å². The van der Waals surface area contributed by atoms with Gasteiger partial charge in [0.25, 0.3) is 0 Å². The fourth-order valence-corrected chi connectivity index (χ4v) is 2.19. The molecule has 2 aromatic rings. The Bertz CT molecular complexity index is 439. The molecule has 0 saturated carbocycles. The van der Waals surface area contributed by atoms with Crippen molar-refractivity contribution in [2.75, 3.05) is 0 Å². The lowest BCUT2D eigenvalue weighted by Gasteiger charge is -2.16. The molecular formula is C16H20N2. The number of nitrogens with two attached hydrogens (primary N) is 1. The topological polar surface area (TPSA) is 38.0 Å². The molecule has 1 atom stereocenters. The summed E-state index contributed by atoms with van der Waals surface area (Å²) in [6, 6.07) is 21.2. The van der Waals surface area contributed by atoms with Crippen molar-refractivity contribution in [2.24, 2.45) is 5.84 Å². The van der Waals surface area contributed by atoms with Gasteiger partial charge >= 0.3 is 0 Å². The molecule has 0 heterocycles. The molecule has 3 N–H and O–H groups in total. The van der Waals surface area contributed by atoms with Gasteiger partial charge < -0.3 is 0 Å². The molecule has 18 heavy (non-hydrogen) atoms. The van der Waals surface area contributed by atoms with Crippen LogP contribution in [0.15, 0.2) is 60.7 Å². The predicted octanol–water partition coefficient (Wildman–Crippen LogP) is 3.21. The highest BCUT2D eigenvalue weighted by atomic mass is 15.2. The first-order valence-electron chi connectivity index (χ1n) is 6.45. The van der Waals surface area contributed by atoms with Crippen LogP contribution in [0.25, 0.3) is 0 Å². The van der Waals surface area contributed by atoms with E-state index in [-0.39, 0.29) is 6.04 Å². The van der Waals surface area contributed by atoms with Gasteiger partial charge in [-0.15, -0.1) is 0 Å². The van der Waals surface area contributed by atoms with E-state index in [2.05, 4.69) is 60.0 Å². The maximum atomic E-state index is 5.63. The van der Waals surface area contributed by atoms with Crippen LogP contribution in [-0.4, -0.2) is 0 Å². The number of nitrogens with one attached hydrogen (secondary N) is 1. The van der Waals surface area contributed by atoms with Gasteiger partial charge in [-0.25, -0.2) is 0 Å². The second-order valence-electron chi connectivity index (χ2n) is 4.51. The van der Waals surface area contributed by atoms with E-state index in [1.807, 2.05) is 6.07 Å². The molecule has 0 aliphatic rings. The number of benzene rings is 2. The minimum atomic E-state index is 0.245. The monoisotopic (exact) mass is 240 g/mol. The Balaban J connectivity index is 1.85. The summed E-state index contributed by atoms with van der Waals surface area (Å²) >= 11 is 0. The molecular weight excluding hydrogens is 220 g/mol. The van der Waals surface area contributed by atoms with Crippen molar-refractivity contribution in [1.29, 1.82) is 0 Å². The van der Waals surface area contributed by atoms with Gasteiger partial charge in [0.15, 0.2) is 0 Å². The highest BCUT2D eigenvalue weighted by Gasteiger charge is 2.08. The Kier molecular flexibility index (Phi) is 4.94. The maximum absolute atomic E-state index is 5.63. The standard InChI is InChI=1S/C16H20N2/c17-18-16(15-11-5-2-6-12-15)13-7-10-14-8-3-1-4-9-14/h1-6,8-9,11-12,16,18H,7,10,13,17H2/t16-/m1/s1. The summed E-state index contributed by atoms with van der Waals surface area (Å²) < 4.78 is 0. The minimum absolute atomic E-state index is 0.245. The minimum Gasteiger partial charge on any atom is -0.271 e. The quantitative estimate of drug-likeness (QED) is 0.601. The van der Waals surface area contributed by atoms with Crippen molar-refractivity contribution in [1.82, 2.24) is 5.43 Å². The van der Waals surface area contributed by atoms with Crippen molar-refractivity contribution < 1.29 is 0 Å². The van der Waals surface area contributed by atoms with E-state index < -0.39 is 0 Å². The summed E-state index contributed by atoms with van der Waals surface area (Å²) in [7, 11) is 0. The zero-order chi connectivity index (χ0) is 12.6. The van der Waals surface area contributed by atoms with Gasteiger partial charge in [0, 0.05) is 6.04 Å². The molecule has 0 amide bonds. The molecule has 0 aliphatic carbocycles. The molecule has 0 spiro atoms. The molecule has 0 unspecified atom stereocenters. The van der Waals surface area contributed by atoms with E-state index in [9.17, 15) is 0 Å². The molecule has 0 aromatic heterocycles. The Morgan fingerprint density at radius 3 is 2.11 bits per heavy atom. The lowest BCUT2D eigenvalue weighted by Crippen LogP contribution is -2.28. The largest absolute Gasteiger partial charge is 0.271 e. The Labute approximate surface area is 109 Å². The number of aryl methyl sites for hydroxylation is 1. The van der Waals surface area contributed by atoms with Crippen LogP contribution in [0.4, 0.5) is 0 Å². The fraction of sp³-hybridized carbons (Fsp3) is 0.250. The molecule has 94 valence electrons. The van der Waals surface area contributed by atoms with Crippen molar-refractivity contribution in [3.63, 3.8) is 0 Å². The lowest BCUT2D eigenvalue weighted by molar-refractivity contribution is 0.498. The zero-order valence-electron chi connectivity index (χ0n) is 10.5. The summed E-state index contributed by atoms with van der Waals surface area (Å²) in [5, 5.41) is 0. The second-order valence-corrected chi connectivity index (χ2v) is 4.51. The SMILES string of the molecule is NN[C@H](CCCc1ccccc1)c1ccccc1. The molecule has 0 aliphatic heterocycles. The van der Waals surface area contributed by atoms with E-state index in [1.165, 1.54) is 11.1 Å². The van der Waals surface area contributed by atoms with Crippen LogP contribution in [0.2, 0.25) is 0 Å². The highest BCUT2D eigenvalue weighted by molar-refractivity contribution is 5.19. The number of hydrogen-bond donors (Lipinski definition) is 2. The number of rotatable bonds is 6. The predicted molar refractivity (Wildman–Crippen MR) is 75.9 cm³/mol. The third kappa shape index (κ3) is 3.69. The first-order valence-corrected chi connectivity index (χ1v) is 6.45. The van der Waals surface area contributed by atoms with Gasteiger partial charge in [-0.1, -0.05) is 60.7 Å². The van der Waals surface area contributed by atoms with E-state index >= 15 is 0 Å². The average molecular weight is 240 g/mol. The maximum Gasteiger partial charge on any atom is 0.0460 e. The normalized spacial score (nSPS) is 12.3. The summed E-state index contributed by atoms with van der Waals surface area (Å²) in [5.74, 6) is 5.63. The first kappa shape index (κ1) is 12.8. The first-order chi connectivity index (χ1) is 8.90. The van der Waals surface area contributed by atoms with Crippen molar-refractivity contribution >= 4 is 0 Å². The summed E-state index contributed by atoms with van der Waals surface area (Å²) in [5.41, 5.74) is 5.55. The number of hydrazine groups is 1. The van der Waals surface area contributed by atoms with E-state index in [4.69, 9.17) is 5.84 Å². The molecule has 2 rings (SSSR count). The van der Waals surface area contributed by atoms with Gasteiger partial charge in [0.1, 0.15) is 0 Å². The molecule has 2 nitrogen and oxygen atoms in total. The van der Waals surface area contributed by atoms with Crippen LogP contribution < -0.4 is 11.3 Å². The van der Waals surface area contributed by atoms with Gasteiger partial charge in [-0.05, 0) is 30.4 Å². The van der Waals surface area contributed by atoms with Crippen molar-refractivity contribution in [2.45, 2.75) is 25.3 Å². The summed E-state index contributed by atoms with van der Waals surface area (Å²) in [6.45, 7) is 0. The van der Waals surface area contributed by atoms with Crippen LogP contribution in [0.3, 0.4) is 0 Å². The summed E-state index contributed by atoms with van der Waals surface area (Å²) in [4.78, 5) is 0. The van der Waals surface area contributed by atoms with E-state index in [0.29, 0.717) is 0 Å². The molecule has 2 aromatic carbocycles. The van der Waals surface area contributed by atoms with Crippen LogP contribution in [0.5, 0.6) is 0 Å². The third-order valence-electron chi connectivity index (χ3n) is 3.20. The van der Waals surface area contributed by atoms with Crippen LogP contribution in [-0.2, 0) is 6.42 Å². The van der Waals surface area contributed by atoms with Crippen molar-refractivity contribution in [3.05, 3.63) is 71.8 Å². The van der Waals surface area contributed by atoms with E-state index in [0.717, 1.165) is 19.3 Å². The molecule has 0 bridgehead atoms. The van der Waals surface area contributed by atoms with Crippen molar-refractivity contribution in [3.8, 4) is 0 Å². The van der Waals surface area contributed by atoms with Gasteiger partial charge in [0.2, 0.25) is 0 Å². The Hall–Kier alpha value is -1.64. The smallest absolute Gasteiger partial charge is 0.0460 e. The van der Waals surface area contributed by atoms with Gasteiger partial charge in [-0.3, -0.25) is 11.3 Å². The molecule has 2 heteroatoms. The Morgan fingerprint density at radius 2 is 1.50 bits per heavy atom. The lowest BCUT2D eigenvalue weighted by atomic mass is 10.00. The van der Waals surface area contributed by atoms with Crippen LogP contribution >= 0.6 is 0 Å². The van der Waals surface area contributed by atoms with Gasteiger partial charge in [0.05, 0.1) is 0 Å². The fourth-order valence-electron chi connectivity index (χ4n) is 2.19. The Morgan fingerprint density at radius 1 is 0.889 bits per heavy atom. The molecule has 0 saturated heterocycles. The number of hydrogen-bond acceptors (Lipinski definition) is 2. The van der Waals surface area contributed by atoms with E-state index in [1.54, 1.807) is 0 Å². The molecule has 0 radical (unpaired) electrons. The molecule has 0 fully saturated rings. The third-order valence-corrected chi connectivity index (χ3v) is 3.20. The second kappa shape index (κ2) is 6.94. The average Bonchev–Trinajstić information content (AvgIpc) is 2.46. The van der Waals surface area contributed by atoms with Gasteiger partial charge in [-0.2, -0.15) is 0 Å². The van der Waals surface area contributed by atoms with Crippen LogP contribution in [0.1, 0.15) is 30.0 Å². The zero-order valence-corrected chi connectivity index (χ0v) is 10.5. The summed E-state index contributed by atoms with van der Waals surface area (Å²) in [6.07, 6.45) is 3.29. The highest BCUT2D eigenvalue weighted by Crippen LogP contribution is 2.18.